The molecule has 2 aromatic rings. The first-order valence-corrected chi connectivity index (χ1v) is 7.88. The van der Waals surface area contributed by atoms with E-state index >= 15 is 0 Å². The van der Waals surface area contributed by atoms with E-state index in [1.165, 1.54) is 0 Å². The first-order valence-electron chi connectivity index (χ1n) is 7.07. The molecule has 0 saturated carbocycles. The van der Waals surface area contributed by atoms with Crippen LogP contribution in [0.3, 0.4) is 0 Å². The van der Waals surface area contributed by atoms with E-state index in [4.69, 9.17) is 5.11 Å². The van der Waals surface area contributed by atoms with Crippen LogP contribution in [0.1, 0.15) is 31.3 Å². The number of aromatic nitrogens is 2. The van der Waals surface area contributed by atoms with Crippen molar-refractivity contribution in [3.8, 4) is 0 Å². The number of aliphatic hydroxyl groups excluding tert-OH is 1. The zero-order valence-electron chi connectivity index (χ0n) is 12.9. The fraction of sp³-hybridized carbons (Fsp3) is 0.400. The molecule has 3 nitrogen and oxygen atoms in total. The third-order valence-corrected chi connectivity index (χ3v) is 4.17. The maximum Gasteiger partial charge on any atom is 0.490 e. The van der Waals surface area contributed by atoms with E-state index < -0.39 is 24.5 Å². The van der Waals surface area contributed by atoms with Crippen molar-refractivity contribution in [3.63, 3.8) is 0 Å². The SMILES string of the molecule is CC(C)c1nc(CCO)n(C(F)(F)F)c1Sc1cc(F)cc(F)c1. The molecule has 0 saturated heterocycles. The minimum Gasteiger partial charge on any atom is -0.396 e. The highest BCUT2D eigenvalue weighted by Gasteiger charge is 2.38. The van der Waals surface area contributed by atoms with Gasteiger partial charge in [-0.05, 0) is 18.1 Å². The Hall–Kier alpha value is -1.61. The minimum absolute atomic E-state index is 0.00431. The summed E-state index contributed by atoms with van der Waals surface area (Å²) in [4.78, 5) is 3.98. The molecule has 0 radical (unpaired) electrons. The molecule has 2 rings (SSSR count). The van der Waals surface area contributed by atoms with E-state index in [9.17, 15) is 22.0 Å². The molecule has 0 bridgehead atoms. The van der Waals surface area contributed by atoms with E-state index in [-0.39, 0.29) is 38.3 Å². The summed E-state index contributed by atoms with van der Waals surface area (Å²) in [5.74, 6) is -2.44. The molecular formula is C15H15F5N2OS. The first-order chi connectivity index (χ1) is 11.1. The fourth-order valence-electron chi connectivity index (χ4n) is 2.17. The second-order valence-corrected chi connectivity index (χ2v) is 6.42. The van der Waals surface area contributed by atoms with Crippen LogP contribution in [-0.2, 0) is 12.7 Å². The largest absolute Gasteiger partial charge is 0.490 e. The second-order valence-electron chi connectivity index (χ2n) is 5.36. The van der Waals surface area contributed by atoms with Crippen molar-refractivity contribution in [1.29, 1.82) is 0 Å². The molecule has 132 valence electrons. The van der Waals surface area contributed by atoms with E-state index in [2.05, 4.69) is 4.98 Å². The number of alkyl halides is 3. The molecule has 1 aromatic heterocycles. The van der Waals surface area contributed by atoms with Gasteiger partial charge in [0.25, 0.3) is 0 Å². The maximum atomic E-state index is 13.5. The third kappa shape index (κ3) is 4.07. The lowest BCUT2D eigenvalue weighted by atomic mass is 10.1. The van der Waals surface area contributed by atoms with Crippen molar-refractivity contribution < 1.29 is 27.1 Å². The maximum absolute atomic E-state index is 13.5. The van der Waals surface area contributed by atoms with Gasteiger partial charge in [0.05, 0.1) is 12.3 Å². The predicted molar refractivity (Wildman–Crippen MR) is 78.9 cm³/mol. The van der Waals surface area contributed by atoms with Gasteiger partial charge in [-0.25, -0.2) is 18.3 Å². The van der Waals surface area contributed by atoms with Gasteiger partial charge in [0, 0.05) is 17.4 Å². The topological polar surface area (TPSA) is 38.1 Å². The summed E-state index contributed by atoms with van der Waals surface area (Å²) in [7, 11) is 0. The van der Waals surface area contributed by atoms with Crippen molar-refractivity contribution in [1.82, 2.24) is 9.55 Å². The van der Waals surface area contributed by atoms with Crippen LogP contribution in [0.2, 0.25) is 0 Å². The quantitative estimate of drug-likeness (QED) is 0.795. The average Bonchev–Trinajstić information content (AvgIpc) is 2.76. The summed E-state index contributed by atoms with van der Waals surface area (Å²) < 4.78 is 67.1. The smallest absolute Gasteiger partial charge is 0.396 e. The monoisotopic (exact) mass is 366 g/mol. The molecule has 0 aliphatic rings. The Labute approximate surface area is 139 Å². The molecule has 0 aliphatic carbocycles. The predicted octanol–water partition coefficient (Wildman–Crippen LogP) is 4.45. The van der Waals surface area contributed by atoms with Crippen LogP contribution in [0.4, 0.5) is 22.0 Å². The van der Waals surface area contributed by atoms with Gasteiger partial charge in [-0.2, -0.15) is 0 Å². The number of halogens is 5. The van der Waals surface area contributed by atoms with E-state index in [1.54, 1.807) is 13.8 Å². The van der Waals surface area contributed by atoms with Gasteiger partial charge in [0.2, 0.25) is 0 Å². The molecule has 0 amide bonds. The van der Waals surface area contributed by atoms with Gasteiger partial charge in [0.1, 0.15) is 22.5 Å². The number of hydrogen-bond donors (Lipinski definition) is 1. The summed E-state index contributed by atoms with van der Waals surface area (Å²) in [5.41, 5.74) is 0.158. The molecule has 0 unspecified atom stereocenters. The van der Waals surface area contributed by atoms with E-state index in [0.29, 0.717) is 17.8 Å². The summed E-state index contributed by atoms with van der Waals surface area (Å²) >= 11 is 0.590. The molecule has 24 heavy (non-hydrogen) atoms. The van der Waals surface area contributed by atoms with Gasteiger partial charge in [-0.3, -0.25) is 0 Å². The second kappa shape index (κ2) is 7.10. The number of rotatable bonds is 5. The Balaban J connectivity index is 2.61. The molecule has 1 N–H and O–H groups in total. The van der Waals surface area contributed by atoms with Crippen LogP contribution in [-0.4, -0.2) is 21.3 Å². The molecule has 9 heteroatoms. The van der Waals surface area contributed by atoms with Crippen LogP contribution in [0.15, 0.2) is 28.1 Å². The zero-order chi connectivity index (χ0) is 18.1. The highest BCUT2D eigenvalue weighted by molar-refractivity contribution is 7.99. The lowest BCUT2D eigenvalue weighted by Crippen LogP contribution is -2.21. The summed E-state index contributed by atoms with van der Waals surface area (Å²) in [6.07, 6.45) is -5.05. The molecule has 0 spiro atoms. The standard InChI is InChI=1S/C15H15F5N2OS/c1-8(2)13-14(24-11-6-9(16)5-10(17)7-11)22(15(18,19)20)12(21-13)3-4-23/h5-8,23H,3-4H2,1-2H3. The molecular weight excluding hydrogens is 351 g/mol. The van der Waals surface area contributed by atoms with Gasteiger partial charge >= 0.3 is 6.30 Å². The Kier molecular flexibility index (Phi) is 5.54. The summed E-state index contributed by atoms with van der Waals surface area (Å²) in [5, 5.41) is 8.73. The zero-order valence-corrected chi connectivity index (χ0v) is 13.7. The Morgan fingerprint density at radius 3 is 2.21 bits per heavy atom. The van der Waals surface area contributed by atoms with E-state index in [0.717, 1.165) is 12.1 Å². The molecule has 0 atom stereocenters. The fourth-order valence-corrected chi connectivity index (χ4v) is 3.42. The Bertz CT molecular complexity index is 707. The number of imidazole rings is 1. The summed E-state index contributed by atoms with van der Waals surface area (Å²) in [6, 6.07) is 2.56. The van der Waals surface area contributed by atoms with Gasteiger partial charge < -0.3 is 5.11 Å². The van der Waals surface area contributed by atoms with Crippen LogP contribution in [0.25, 0.3) is 0 Å². The Morgan fingerprint density at radius 1 is 1.17 bits per heavy atom. The van der Waals surface area contributed by atoms with Crippen LogP contribution >= 0.6 is 11.8 Å². The van der Waals surface area contributed by atoms with E-state index in [1.807, 2.05) is 0 Å². The highest BCUT2D eigenvalue weighted by Crippen LogP contribution is 2.40. The normalized spacial score (nSPS) is 12.2. The average molecular weight is 366 g/mol. The summed E-state index contributed by atoms with van der Waals surface area (Å²) in [6.45, 7) is 2.84. The van der Waals surface area contributed by atoms with Crippen LogP contribution < -0.4 is 0 Å². The molecule has 0 fully saturated rings. The number of benzene rings is 1. The van der Waals surface area contributed by atoms with Gasteiger partial charge in [-0.1, -0.05) is 25.6 Å². The van der Waals surface area contributed by atoms with Crippen molar-refractivity contribution in [2.45, 2.75) is 42.4 Å². The molecule has 1 aromatic carbocycles. The number of aliphatic hydroxyl groups is 1. The van der Waals surface area contributed by atoms with Crippen molar-refractivity contribution in [2.24, 2.45) is 0 Å². The van der Waals surface area contributed by atoms with Gasteiger partial charge in [0.15, 0.2) is 0 Å². The van der Waals surface area contributed by atoms with Crippen LogP contribution in [0, 0.1) is 11.6 Å². The molecule has 1 heterocycles. The van der Waals surface area contributed by atoms with Crippen LogP contribution in [0.5, 0.6) is 0 Å². The molecule has 0 aliphatic heterocycles. The Morgan fingerprint density at radius 2 is 1.75 bits per heavy atom. The number of nitrogens with zero attached hydrogens (tertiary/aromatic N) is 2. The first kappa shape index (κ1) is 18.7. The van der Waals surface area contributed by atoms with Crippen molar-refractivity contribution in [3.05, 3.63) is 41.4 Å². The highest BCUT2D eigenvalue weighted by atomic mass is 32.2. The lowest BCUT2D eigenvalue weighted by molar-refractivity contribution is -0.210. The lowest BCUT2D eigenvalue weighted by Gasteiger charge is -2.15. The third-order valence-electron chi connectivity index (χ3n) is 3.12. The van der Waals surface area contributed by atoms with Crippen molar-refractivity contribution in [2.75, 3.05) is 6.61 Å². The van der Waals surface area contributed by atoms with Crippen molar-refractivity contribution >= 4 is 11.8 Å². The van der Waals surface area contributed by atoms with Gasteiger partial charge in [-0.15, -0.1) is 13.2 Å². The number of hydrogen-bond acceptors (Lipinski definition) is 3. The minimum atomic E-state index is -4.77.